The molecule has 9 nitrogen and oxygen atoms in total. The smallest absolute Gasteiger partial charge is 0.407 e. The van der Waals surface area contributed by atoms with E-state index >= 15 is 0 Å². The molecule has 0 saturated heterocycles. The molecule has 132 valence electrons. The van der Waals surface area contributed by atoms with Crippen molar-refractivity contribution in [2.45, 2.75) is 45.6 Å². The van der Waals surface area contributed by atoms with E-state index in [1.165, 1.54) is 7.11 Å². The van der Waals surface area contributed by atoms with Crippen LogP contribution in [-0.2, 0) is 9.47 Å². The van der Waals surface area contributed by atoms with Gasteiger partial charge in [-0.25, -0.2) is 4.79 Å². The fourth-order valence-corrected chi connectivity index (χ4v) is 1.47. The Hall–Kier alpha value is -2.32. The quantitative estimate of drug-likeness (QED) is 0.218. The van der Waals surface area contributed by atoms with Gasteiger partial charge in [-0.15, -0.1) is 0 Å². The molecule has 0 bridgehead atoms. The second kappa shape index (κ2) is 10.4. The number of nitrogens with zero attached hydrogens (tertiary/aromatic N) is 2. The number of ether oxygens (including phenoxy) is 2. The summed E-state index contributed by atoms with van der Waals surface area (Å²) in [5.41, 5.74) is 4.47. The van der Waals surface area contributed by atoms with Crippen molar-refractivity contribution in [1.29, 1.82) is 0 Å². The molecule has 9 heteroatoms. The number of rotatable bonds is 9. The van der Waals surface area contributed by atoms with Gasteiger partial charge in [0.05, 0.1) is 12.0 Å². The maximum Gasteiger partial charge on any atom is 0.407 e. The Labute approximate surface area is 136 Å². The summed E-state index contributed by atoms with van der Waals surface area (Å²) in [6.45, 7) is 6.34. The van der Waals surface area contributed by atoms with E-state index in [9.17, 15) is 14.9 Å². The van der Waals surface area contributed by atoms with Gasteiger partial charge in [0, 0.05) is 13.1 Å². The number of allylic oxidation sites excluding steroid dienone is 1. The molecule has 0 aromatic heterocycles. The first kappa shape index (κ1) is 20.7. The highest BCUT2D eigenvalue weighted by molar-refractivity contribution is 5.75. The van der Waals surface area contributed by atoms with Crippen LogP contribution in [0.25, 0.3) is 0 Å². The number of nitrogens with two attached hydrogens (primary N) is 1. The molecule has 0 heterocycles. The topological polar surface area (TPSA) is 129 Å². The lowest BCUT2D eigenvalue weighted by Crippen LogP contribution is -2.32. The normalized spacial score (nSPS) is 12.7. The minimum absolute atomic E-state index is 0.277. The van der Waals surface area contributed by atoms with E-state index in [2.05, 4.69) is 15.0 Å². The number of nitrogens with one attached hydrogen (secondary N) is 1. The van der Waals surface area contributed by atoms with Crippen molar-refractivity contribution < 1.29 is 19.2 Å². The average molecular weight is 330 g/mol. The Bertz CT molecular complexity index is 455. The monoisotopic (exact) mass is 330 g/mol. The lowest BCUT2D eigenvalue weighted by molar-refractivity contribution is -0.417. The van der Waals surface area contributed by atoms with E-state index in [0.29, 0.717) is 13.1 Å². The third kappa shape index (κ3) is 11.0. The van der Waals surface area contributed by atoms with Gasteiger partial charge in [0.2, 0.25) is 0 Å². The van der Waals surface area contributed by atoms with Gasteiger partial charge >= 0.3 is 11.8 Å². The fourth-order valence-electron chi connectivity index (χ4n) is 1.47. The predicted molar refractivity (Wildman–Crippen MR) is 86.7 cm³/mol. The van der Waals surface area contributed by atoms with E-state index in [1.807, 2.05) is 0 Å². The molecule has 1 amide bonds. The zero-order chi connectivity index (χ0) is 17.9. The standard InChI is InChI=1S/C14H26N4O5/c1-14(2,3)23-13(19)17-9-7-5-6-8-16-10-11(18(20)21)12(15)22-4/h10H,5-9,15H2,1-4H3,(H,17,19)/b12-11-,16-10?. The lowest BCUT2D eigenvalue weighted by atomic mass is 10.2. The van der Waals surface area contributed by atoms with Crippen molar-refractivity contribution in [2.24, 2.45) is 10.7 Å². The van der Waals surface area contributed by atoms with Gasteiger partial charge in [0.1, 0.15) is 11.8 Å². The molecule has 0 rings (SSSR count). The van der Waals surface area contributed by atoms with Gasteiger partial charge in [-0.1, -0.05) is 0 Å². The molecular weight excluding hydrogens is 304 g/mol. The third-order valence-electron chi connectivity index (χ3n) is 2.51. The number of methoxy groups -OCH3 is 1. The van der Waals surface area contributed by atoms with E-state index in [4.69, 9.17) is 10.5 Å². The van der Waals surface area contributed by atoms with Crippen LogP contribution in [-0.4, -0.2) is 43.0 Å². The van der Waals surface area contributed by atoms with Crippen molar-refractivity contribution in [3.63, 3.8) is 0 Å². The molecule has 0 spiro atoms. The highest BCUT2D eigenvalue weighted by Crippen LogP contribution is 2.06. The molecule has 0 radical (unpaired) electrons. The number of aliphatic imine (C=N–C) groups is 1. The zero-order valence-corrected chi connectivity index (χ0v) is 14.1. The maximum atomic E-state index is 11.4. The summed E-state index contributed by atoms with van der Waals surface area (Å²) in [7, 11) is 1.25. The molecule has 0 unspecified atom stereocenters. The Kier molecular flexibility index (Phi) is 9.36. The third-order valence-corrected chi connectivity index (χ3v) is 2.51. The number of carbonyl (C=O) groups excluding carboxylic acids is 1. The number of carbonyl (C=O) groups is 1. The molecular formula is C14H26N4O5. The fraction of sp³-hybridized carbons (Fsp3) is 0.714. The summed E-state index contributed by atoms with van der Waals surface area (Å²) in [5.74, 6) is -0.277. The van der Waals surface area contributed by atoms with Gasteiger partial charge in [-0.05, 0) is 40.0 Å². The van der Waals surface area contributed by atoms with Crippen LogP contribution < -0.4 is 11.1 Å². The highest BCUT2D eigenvalue weighted by atomic mass is 16.6. The van der Waals surface area contributed by atoms with E-state index in [0.717, 1.165) is 25.5 Å². The molecule has 0 saturated carbocycles. The molecule has 0 aromatic rings. The summed E-state index contributed by atoms with van der Waals surface area (Å²) in [6.07, 6.45) is 2.99. The van der Waals surface area contributed by atoms with Gasteiger partial charge in [0.25, 0.3) is 5.88 Å². The van der Waals surface area contributed by atoms with Crippen LogP contribution in [0.3, 0.4) is 0 Å². The Morgan fingerprint density at radius 1 is 1.35 bits per heavy atom. The van der Waals surface area contributed by atoms with Crippen molar-refractivity contribution in [1.82, 2.24) is 5.32 Å². The zero-order valence-electron chi connectivity index (χ0n) is 14.1. The average Bonchev–Trinajstić information content (AvgIpc) is 2.42. The van der Waals surface area contributed by atoms with Crippen LogP contribution in [0.15, 0.2) is 16.6 Å². The molecule has 0 aliphatic rings. The second-order valence-corrected chi connectivity index (χ2v) is 5.74. The summed E-state index contributed by atoms with van der Waals surface area (Å²) >= 11 is 0. The number of unbranched alkanes of at least 4 members (excludes halogenated alkanes) is 2. The van der Waals surface area contributed by atoms with Crippen molar-refractivity contribution >= 4 is 12.3 Å². The molecule has 0 atom stereocenters. The van der Waals surface area contributed by atoms with E-state index in [-0.39, 0.29) is 11.6 Å². The van der Waals surface area contributed by atoms with E-state index < -0.39 is 16.6 Å². The largest absolute Gasteiger partial charge is 0.478 e. The first-order valence-corrected chi connectivity index (χ1v) is 7.32. The molecule has 0 aromatic carbocycles. The van der Waals surface area contributed by atoms with Crippen molar-refractivity contribution in [2.75, 3.05) is 20.2 Å². The summed E-state index contributed by atoms with van der Waals surface area (Å²) in [6, 6.07) is 0. The van der Waals surface area contributed by atoms with Gasteiger partial charge in [-0.2, -0.15) is 0 Å². The van der Waals surface area contributed by atoms with Gasteiger partial charge in [0.15, 0.2) is 0 Å². The number of alkyl carbamates (subject to hydrolysis) is 1. The van der Waals surface area contributed by atoms with Crippen LogP contribution in [0, 0.1) is 10.1 Å². The number of amides is 1. The maximum absolute atomic E-state index is 11.4. The van der Waals surface area contributed by atoms with Crippen LogP contribution in [0.4, 0.5) is 4.79 Å². The Balaban J connectivity index is 3.88. The SMILES string of the molecule is CO/C(N)=C(/C=NCCCCCNC(=O)OC(C)(C)C)[N+](=O)[O-]. The number of hydrogen-bond acceptors (Lipinski definition) is 7. The van der Waals surface area contributed by atoms with Crippen LogP contribution in [0.2, 0.25) is 0 Å². The second-order valence-electron chi connectivity index (χ2n) is 5.74. The minimum atomic E-state index is -0.646. The van der Waals surface area contributed by atoms with Crippen LogP contribution in [0.1, 0.15) is 40.0 Å². The van der Waals surface area contributed by atoms with E-state index in [1.54, 1.807) is 20.8 Å². The molecule has 23 heavy (non-hydrogen) atoms. The predicted octanol–water partition coefficient (Wildman–Crippen LogP) is 1.80. The molecule has 0 aliphatic heterocycles. The molecule has 3 N–H and O–H groups in total. The first-order chi connectivity index (χ1) is 10.7. The molecule has 0 aliphatic carbocycles. The molecule has 0 fully saturated rings. The minimum Gasteiger partial charge on any atom is -0.478 e. The lowest BCUT2D eigenvalue weighted by Gasteiger charge is -2.19. The summed E-state index contributed by atoms with van der Waals surface area (Å²) in [4.78, 5) is 25.4. The van der Waals surface area contributed by atoms with Crippen molar-refractivity contribution in [3.8, 4) is 0 Å². The Morgan fingerprint density at radius 2 is 2.00 bits per heavy atom. The van der Waals surface area contributed by atoms with Crippen LogP contribution >= 0.6 is 0 Å². The number of nitro groups is 1. The van der Waals surface area contributed by atoms with Gasteiger partial charge in [-0.3, -0.25) is 15.1 Å². The van der Waals surface area contributed by atoms with Gasteiger partial charge < -0.3 is 20.5 Å². The van der Waals surface area contributed by atoms with Crippen molar-refractivity contribution in [3.05, 3.63) is 21.7 Å². The summed E-state index contributed by atoms with van der Waals surface area (Å²) in [5, 5.41) is 13.4. The first-order valence-electron chi connectivity index (χ1n) is 7.32. The number of hydrogen-bond donors (Lipinski definition) is 2. The highest BCUT2D eigenvalue weighted by Gasteiger charge is 2.15. The Morgan fingerprint density at radius 3 is 2.52 bits per heavy atom. The van der Waals surface area contributed by atoms with Crippen LogP contribution in [0.5, 0.6) is 0 Å². The summed E-state index contributed by atoms with van der Waals surface area (Å²) < 4.78 is 9.71.